The van der Waals surface area contributed by atoms with Crippen LogP contribution in [0.1, 0.15) is 51.5 Å². The van der Waals surface area contributed by atoms with E-state index in [0.717, 1.165) is 18.2 Å². The van der Waals surface area contributed by atoms with Crippen molar-refractivity contribution < 1.29 is 27.5 Å². The molecule has 1 aromatic heterocycles. The first kappa shape index (κ1) is 29.7. The van der Waals surface area contributed by atoms with Crippen molar-refractivity contribution in [3.63, 3.8) is 0 Å². The van der Waals surface area contributed by atoms with Gasteiger partial charge in [-0.05, 0) is 54.7 Å². The Hall–Kier alpha value is -3.31. The van der Waals surface area contributed by atoms with Crippen LogP contribution in [-0.2, 0) is 11.3 Å². The lowest BCUT2D eigenvalue weighted by molar-refractivity contribution is -0.145. The van der Waals surface area contributed by atoms with Gasteiger partial charge in [0.1, 0.15) is 29.7 Å². The van der Waals surface area contributed by atoms with Crippen LogP contribution in [0.2, 0.25) is 0 Å². The van der Waals surface area contributed by atoms with Gasteiger partial charge in [-0.2, -0.15) is 5.10 Å². The minimum atomic E-state index is -1.35. The highest BCUT2D eigenvalue weighted by molar-refractivity contribution is 5.80. The van der Waals surface area contributed by atoms with Crippen molar-refractivity contribution in [3.8, 4) is 11.4 Å². The zero-order chi connectivity index (χ0) is 29.2. The summed E-state index contributed by atoms with van der Waals surface area (Å²) in [7, 11) is 0. The molecule has 0 bridgehead atoms. The smallest absolute Gasteiger partial charge is 0.251 e. The molecule has 2 N–H and O–H groups in total. The molecule has 2 heterocycles. The Kier molecular flexibility index (Phi) is 8.94. The summed E-state index contributed by atoms with van der Waals surface area (Å²) in [5.41, 5.74) is -0.327. The molecule has 0 aliphatic carbocycles. The van der Waals surface area contributed by atoms with Gasteiger partial charge in [0.05, 0.1) is 18.2 Å². The number of nitrogens with one attached hydrogen (secondary N) is 1. The lowest BCUT2D eigenvalue weighted by atomic mass is 9.84. The molecule has 1 aliphatic rings. The van der Waals surface area contributed by atoms with Crippen LogP contribution < -0.4 is 5.32 Å². The van der Waals surface area contributed by atoms with Crippen molar-refractivity contribution >= 4 is 5.91 Å². The normalized spacial score (nSPS) is 19.0. The Morgan fingerprint density at radius 1 is 1.15 bits per heavy atom. The highest BCUT2D eigenvalue weighted by atomic mass is 19.1. The predicted octanol–water partition coefficient (Wildman–Crippen LogP) is 4.65. The third-order valence-electron chi connectivity index (χ3n) is 7.11. The third-order valence-corrected chi connectivity index (χ3v) is 7.11. The van der Waals surface area contributed by atoms with Crippen LogP contribution in [0, 0.1) is 28.8 Å². The topological polar surface area (TPSA) is 83.3 Å². The van der Waals surface area contributed by atoms with Crippen LogP contribution >= 0.6 is 0 Å². The molecule has 1 saturated heterocycles. The number of benzene rings is 2. The molecule has 11 heteroatoms. The SMILES string of the molecule is C[C@H](O)C(=O)N(CC[C@@H]1CNC[C@@H]1F)[C@@H](c1nc(-c2cc(F)ccc2F)nn1Cc1cccc(F)c1)C(C)(C)C. The molecule has 3 aromatic rings. The van der Waals surface area contributed by atoms with E-state index >= 15 is 0 Å². The van der Waals surface area contributed by atoms with Crippen molar-refractivity contribution in [2.24, 2.45) is 11.3 Å². The first-order valence-corrected chi connectivity index (χ1v) is 13.3. The number of halogens is 4. The summed E-state index contributed by atoms with van der Waals surface area (Å²) in [6.07, 6.45) is -2.08. The number of rotatable bonds is 9. The number of alkyl halides is 1. The lowest BCUT2D eigenvalue weighted by Crippen LogP contribution is -2.47. The molecule has 0 saturated carbocycles. The minimum absolute atomic E-state index is 0.0272. The zero-order valence-electron chi connectivity index (χ0n) is 23.0. The molecular weight excluding hydrogens is 526 g/mol. The highest BCUT2D eigenvalue weighted by Crippen LogP contribution is 2.39. The molecule has 1 fully saturated rings. The van der Waals surface area contributed by atoms with E-state index in [1.165, 1.54) is 28.6 Å². The van der Waals surface area contributed by atoms with E-state index in [0.29, 0.717) is 18.5 Å². The van der Waals surface area contributed by atoms with Crippen LogP contribution in [0.25, 0.3) is 11.4 Å². The lowest BCUT2D eigenvalue weighted by Gasteiger charge is -2.40. The number of carbonyl (C=O) groups is 1. The molecule has 7 nitrogen and oxygen atoms in total. The molecule has 1 aliphatic heterocycles. The molecule has 0 spiro atoms. The molecule has 0 radical (unpaired) electrons. The van der Waals surface area contributed by atoms with Gasteiger partial charge in [-0.3, -0.25) is 4.79 Å². The molecule has 4 atom stereocenters. The van der Waals surface area contributed by atoms with E-state index in [-0.39, 0.29) is 42.8 Å². The summed E-state index contributed by atoms with van der Waals surface area (Å²) in [6, 6.07) is 8.00. The summed E-state index contributed by atoms with van der Waals surface area (Å²) in [5, 5.41) is 17.8. The van der Waals surface area contributed by atoms with Gasteiger partial charge in [0.15, 0.2) is 11.6 Å². The monoisotopic (exact) mass is 561 g/mol. The molecule has 1 amide bonds. The van der Waals surface area contributed by atoms with Crippen LogP contribution in [0.3, 0.4) is 0 Å². The Morgan fingerprint density at radius 3 is 2.50 bits per heavy atom. The van der Waals surface area contributed by atoms with Crippen LogP contribution in [0.15, 0.2) is 42.5 Å². The molecule has 4 rings (SSSR count). The quantitative estimate of drug-likeness (QED) is 0.372. The van der Waals surface area contributed by atoms with Crippen molar-refractivity contribution in [2.75, 3.05) is 19.6 Å². The van der Waals surface area contributed by atoms with E-state index in [1.54, 1.807) is 12.1 Å². The second-order valence-corrected chi connectivity index (χ2v) is 11.4. The van der Waals surface area contributed by atoms with Gasteiger partial charge >= 0.3 is 0 Å². The first-order chi connectivity index (χ1) is 18.8. The Balaban J connectivity index is 1.85. The number of aromatic nitrogens is 3. The number of aliphatic hydroxyl groups excluding tert-OH is 1. The maximum Gasteiger partial charge on any atom is 0.251 e. The van der Waals surface area contributed by atoms with E-state index in [9.17, 15) is 27.5 Å². The van der Waals surface area contributed by atoms with Gasteiger partial charge in [0.2, 0.25) is 0 Å². The Bertz CT molecular complexity index is 1340. The van der Waals surface area contributed by atoms with Gasteiger partial charge in [-0.25, -0.2) is 27.2 Å². The number of amides is 1. The zero-order valence-corrected chi connectivity index (χ0v) is 23.0. The average molecular weight is 562 g/mol. The van der Waals surface area contributed by atoms with Crippen molar-refractivity contribution in [3.05, 3.63) is 71.3 Å². The van der Waals surface area contributed by atoms with E-state index < -0.39 is 47.1 Å². The van der Waals surface area contributed by atoms with Crippen molar-refractivity contribution in [1.82, 2.24) is 25.0 Å². The summed E-state index contributed by atoms with van der Waals surface area (Å²) in [6.45, 7) is 7.83. The maximum atomic E-state index is 14.8. The maximum absolute atomic E-state index is 14.8. The van der Waals surface area contributed by atoms with Gasteiger partial charge in [-0.15, -0.1) is 0 Å². The fraction of sp³-hybridized carbons (Fsp3) is 0.483. The van der Waals surface area contributed by atoms with Gasteiger partial charge in [-0.1, -0.05) is 32.9 Å². The van der Waals surface area contributed by atoms with E-state index in [1.807, 2.05) is 20.8 Å². The number of carbonyl (C=O) groups excluding carboxylic acids is 1. The fourth-order valence-corrected chi connectivity index (χ4v) is 5.15. The number of hydrogen-bond acceptors (Lipinski definition) is 5. The first-order valence-electron chi connectivity index (χ1n) is 13.3. The second kappa shape index (κ2) is 12.1. The van der Waals surface area contributed by atoms with Crippen molar-refractivity contribution in [2.45, 2.75) is 59.0 Å². The Labute approximate surface area is 231 Å². The van der Waals surface area contributed by atoms with Gasteiger partial charge in [0, 0.05) is 25.6 Å². The number of aliphatic hydroxyl groups is 1. The molecule has 40 heavy (non-hydrogen) atoms. The number of nitrogens with zero attached hydrogens (tertiary/aromatic N) is 4. The second-order valence-electron chi connectivity index (χ2n) is 11.4. The molecule has 0 unspecified atom stereocenters. The number of hydrogen-bond donors (Lipinski definition) is 2. The average Bonchev–Trinajstić information content (AvgIpc) is 3.47. The van der Waals surface area contributed by atoms with Crippen LogP contribution in [0.4, 0.5) is 17.6 Å². The minimum Gasteiger partial charge on any atom is -0.384 e. The summed E-state index contributed by atoms with van der Waals surface area (Å²) >= 11 is 0. The standard InChI is InChI=1S/C29H35F4N5O2/c1-17(39)28(40)37(11-10-19-14-34-15-24(19)33)25(29(2,3)4)27-35-26(22-13-21(31)8-9-23(22)32)36-38(27)16-18-6-5-7-20(30)12-18/h5-9,12-13,17,19,24-25,34,39H,10-11,14-16H2,1-4H3/t17-,19+,24-,25-/m0/s1. The highest BCUT2D eigenvalue weighted by Gasteiger charge is 2.40. The van der Waals surface area contributed by atoms with Gasteiger partial charge < -0.3 is 15.3 Å². The Morgan fingerprint density at radius 2 is 1.88 bits per heavy atom. The fourth-order valence-electron chi connectivity index (χ4n) is 5.15. The van der Waals surface area contributed by atoms with Gasteiger partial charge in [0.25, 0.3) is 5.91 Å². The molecular formula is C29H35F4N5O2. The third kappa shape index (κ3) is 6.69. The van der Waals surface area contributed by atoms with E-state index in [2.05, 4.69) is 15.4 Å². The van der Waals surface area contributed by atoms with Crippen LogP contribution in [0.5, 0.6) is 0 Å². The molecule has 216 valence electrons. The summed E-state index contributed by atoms with van der Waals surface area (Å²) in [5.74, 6) is -2.63. The molecule has 2 aromatic carbocycles. The summed E-state index contributed by atoms with van der Waals surface area (Å²) in [4.78, 5) is 19.5. The largest absolute Gasteiger partial charge is 0.384 e. The predicted molar refractivity (Wildman–Crippen MR) is 142 cm³/mol. The summed E-state index contributed by atoms with van der Waals surface area (Å²) < 4.78 is 58.8. The van der Waals surface area contributed by atoms with E-state index in [4.69, 9.17) is 0 Å². The van der Waals surface area contributed by atoms with Crippen molar-refractivity contribution in [1.29, 1.82) is 0 Å². The van der Waals surface area contributed by atoms with Crippen LogP contribution in [-0.4, -0.2) is 62.6 Å².